The molecule has 1 unspecified atom stereocenters. The van der Waals surface area contributed by atoms with Crippen LogP contribution in [-0.2, 0) is 6.42 Å². The van der Waals surface area contributed by atoms with Gasteiger partial charge in [0, 0.05) is 12.1 Å². The first-order chi connectivity index (χ1) is 8.91. The minimum Gasteiger partial charge on any atom is -0.329 e. The highest BCUT2D eigenvalue weighted by molar-refractivity contribution is 6.48. The van der Waals surface area contributed by atoms with E-state index >= 15 is 0 Å². The Hall–Kier alpha value is -0.280. The van der Waals surface area contributed by atoms with Gasteiger partial charge in [0.05, 0.1) is 0 Å². The van der Waals surface area contributed by atoms with Crippen LogP contribution in [0.2, 0.25) is 0 Å². The van der Waals surface area contributed by atoms with Crippen molar-refractivity contribution >= 4 is 23.2 Å². The first-order valence-electron chi connectivity index (χ1n) is 6.81. The van der Waals surface area contributed by atoms with Crippen LogP contribution in [0.1, 0.15) is 38.2 Å². The maximum atomic E-state index is 6.39. The fourth-order valence-electron chi connectivity index (χ4n) is 2.25. The molecule has 1 rings (SSSR count). The van der Waals surface area contributed by atoms with Gasteiger partial charge in [-0.15, -0.1) is 23.2 Å². The lowest BCUT2D eigenvalue weighted by Crippen LogP contribution is -2.52. The molecule has 1 aromatic rings. The molecule has 1 aromatic carbocycles. The number of hydrogen-bond acceptors (Lipinski definition) is 2. The van der Waals surface area contributed by atoms with Crippen LogP contribution in [0.5, 0.6) is 0 Å². The number of halogens is 2. The Labute approximate surface area is 126 Å². The zero-order valence-corrected chi connectivity index (χ0v) is 13.1. The predicted octanol–water partition coefficient (Wildman–Crippen LogP) is 3.64. The molecular weight excluding hydrogens is 279 g/mol. The summed E-state index contributed by atoms with van der Waals surface area (Å²) in [7, 11) is 0. The lowest BCUT2D eigenvalue weighted by atomic mass is 9.86. The topological polar surface area (TPSA) is 52.0 Å². The standard InChI is InChI=1S/C15H24Cl2N2/c1-2-3-9-15(16,17)11-14(19,12-18)10-13-7-5-4-6-8-13/h4-8H,2-3,9-12,18-19H2,1H3. The molecule has 1 atom stereocenters. The summed E-state index contributed by atoms with van der Waals surface area (Å²) in [6.45, 7) is 2.49. The lowest BCUT2D eigenvalue weighted by Gasteiger charge is -2.34. The van der Waals surface area contributed by atoms with E-state index in [-0.39, 0.29) is 0 Å². The van der Waals surface area contributed by atoms with Gasteiger partial charge in [0.25, 0.3) is 0 Å². The monoisotopic (exact) mass is 302 g/mol. The molecule has 108 valence electrons. The Morgan fingerprint density at radius 3 is 2.32 bits per heavy atom. The van der Waals surface area contributed by atoms with Gasteiger partial charge in [0.15, 0.2) is 0 Å². The van der Waals surface area contributed by atoms with Crippen LogP contribution < -0.4 is 11.5 Å². The number of rotatable bonds is 8. The molecule has 2 nitrogen and oxygen atoms in total. The van der Waals surface area contributed by atoms with Crippen molar-refractivity contribution in [3.63, 3.8) is 0 Å². The largest absolute Gasteiger partial charge is 0.329 e. The fourth-order valence-corrected chi connectivity index (χ4v) is 3.05. The summed E-state index contributed by atoms with van der Waals surface area (Å²) < 4.78 is -0.793. The highest BCUT2D eigenvalue weighted by Crippen LogP contribution is 2.36. The first-order valence-corrected chi connectivity index (χ1v) is 7.57. The molecule has 0 bridgehead atoms. The van der Waals surface area contributed by atoms with Gasteiger partial charge in [0.1, 0.15) is 4.33 Å². The van der Waals surface area contributed by atoms with Crippen LogP contribution in [0.3, 0.4) is 0 Å². The van der Waals surface area contributed by atoms with Gasteiger partial charge < -0.3 is 11.5 Å². The predicted molar refractivity (Wildman–Crippen MR) is 84.7 cm³/mol. The zero-order valence-electron chi connectivity index (χ0n) is 11.5. The number of alkyl halides is 2. The summed E-state index contributed by atoms with van der Waals surface area (Å²) in [5.41, 5.74) is 12.8. The third kappa shape index (κ3) is 6.13. The Bertz CT molecular complexity index is 368. The van der Waals surface area contributed by atoms with Gasteiger partial charge in [-0.05, 0) is 24.8 Å². The van der Waals surface area contributed by atoms with Gasteiger partial charge in [-0.2, -0.15) is 0 Å². The molecule has 4 N–H and O–H groups in total. The van der Waals surface area contributed by atoms with Crippen molar-refractivity contribution in [1.29, 1.82) is 0 Å². The summed E-state index contributed by atoms with van der Waals surface area (Å²) in [4.78, 5) is 0. The average molecular weight is 303 g/mol. The van der Waals surface area contributed by atoms with Gasteiger partial charge in [-0.25, -0.2) is 0 Å². The number of hydrogen-bond donors (Lipinski definition) is 2. The number of benzene rings is 1. The second kappa shape index (κ2) is 7.49. The molecule has 0 amide bonds. The van der Waals surface area contributed by atoms with Crippen molar-refractivity contribution in [2.24, 2.45) is 11.5 Å². The summed E-state index contributed by atoms with van der Waals surface area (Å²) in [6, 6.07) is 10.1. The molecule has 0 aliphatic carbocycles. The van der Waals surface area contributed by atoms with Crippen LogP contribution in [-0.4, -0.2) is 16.4 Å². The zero-order chi connectivity index (χ0) is 14.4. The second-order valence-electron chi connectivity index (χ2n) is 5.37. The molecule has 0 aromatic heterocycles. The van der Waals surface area contributed by atoms with Crippen LogP contribution in [0, 0.1) is 0 Å². The molecule has 19 heavy (non-hydrogen) atoms. The normalized spacial score (nSPS) is 15.2. The van der Waals surface area contributed by atoms with E-state index in [2.05, 4.69) is 6.92 Å². The van der Waals surface area contributed by atoms with Gasteiger partial charge >= 0.3 is 0 Å². The quantitative estimate of drug-likeness (QED) is 0.720. The summed E-state index contributed by atoms with van der Waals surface area (Å²) >= 11 is 12.7. The smallest absolute Gasteiger partial charge is 0.120 e. The van der Waals surface area contributed by atoms with E-state index in [1.54, 1.807) is 0 Å². The van der Waals surface area contributed by atoms with E-state index < -0.39 is 9.87 Å². The van der Waals surface area contributed by atoms with Crippen LogP contribution >= 0.6 is 23.2 Å². The number of nitrogens with two attached hydrogens (primary N) is 2. The molecule has 0 aliphatic heterocycles. The summed E-state index contributed by atoms with van der Waals surface area (Å²) in [6.07, 6.45) is 4.02. The maximum Gasteiger partial charge on any atom is 0.120 e. The van der Waals surface area contributed by atoms with Crippen LogP contribution in [0.4, 0.5) is 0 Å². The van der Waals surface area contributed by atoms with Crippen molar-refractivity contribution < 1.29 is 0 Å². The maximum absolute atomic E-state index is 6.39. The molecule has 4 heteroatoms. The fraction of sp³-hybridized carbons (Fsp3) is 0.600. The average Bonchev–Trinajstić information content (AvgIpc) is 2.37. The summed E-state index contributed by atoms with van der Waals surface area (Å²) in [5.74, 6) is 0. The molecule has 0 saturated carbocycles. The van der Waals surface area contributed by atoms with Crippen molar-refractivity contribution in [3.05, 3.63) is 35.9 Å². The van der Waals surface area contributed by atoms with Crippen molar-refractivity contribution in [2.45, 2.75) is 48.9 Å². The third-order valence-corrected chi connectivity index (χ3v) is 3.96. The highest BCUT2D eigenvalue weighted by Gasteiger charge is 2.35. The Morgan fingerprint density at radius 1 is 1.16 bits per heavy atom. The molecule has 0 aliphatic rings. The van der Waals surface area contributed by atoms with Crippen molar-refractivity contribution in [3.8, 4) is 0 Å². The van der Waals surface area contributed by atoms with E-state index in [1.807, 2.05) is 30.3 Å². The van der Waals surface area contributed by atoms with Gasteiger partial charge in [-0.3, -0.25) is 0 Å². The van der Waals surface area contributed by atoms with E-state index in [9.17, 15) is 0 Å². The van der Waals surface area contributed by atoms with Crippen molar-refractivity contribution in [2.75, 3.05) is 6.54 Å². The number of unbranched alkanes of at least 4 members (excludes halogenated alkanes) is 1. The van der Waals surface area contributed by atoms with Gasteiger partial charge in [-0.1, -0.05) is 50.1 Å². The van der Waals surface area contributed by atoms with E-state index in [0.717, 1.165) is 24.8 Å². The Morgan fingerprint density at radius 2 is 1.79 bits per heavy atom. The Balaban J connectivity index is 2.69. The molecule has 0 saturated heterocycles. The van der Waals surface area contributed by atoms with E-state index in [0.29, 0.717) is 19.4 Å². The summed E-state index contributed by atoms with van der Waals surface area (Å²) in [5, 5.41) is 0. The highest BCUT2D eigenvalue weighted by atomic mass is 35.5. The second-order valence-corrected chi connectivity index (χ2v) is 7.01. The SMILES string of the molecule is CCCCC(Cl)(Cl)CC(N)(CN)Cc1ccccc1. The van der Waals surface area contributed by atoms with Crippen LogP contribution in [0.25, 0.3) is 0 Å². The molecular formula is C15H24Cl2N2. The van der Waals surface area contributed by atoms with Crippen molar-refractivity contribution in [1.82, 2.24) is 0 Å². The van der Waals surface area contributed by atoms with Crippen LogP contribution in [0.15, 0.2) is 30.3 Å². The minimum atomic E-state index is -0.793. The van der Waals surface area contributed by atoms with Gasteiger partial charge in [0.2, 0.25) is 0 Å². The molecule has 0 fully saturated rings. The molecule has 0 radical (unpaired) electrons. The molecule has 0 spiro atoms. The van der Waals surface area contributed by atoms with E-state index in [4.69, 9.17) is 34.7 Å². The lowest BCUT2D eigenvalue weighted by molar-refractivity contribution is 0.369. The van der Waals surface area contributed by atoms with E-state index in [1.165, 1.54) is 0 Å². The third-order valence-electron chi connectivity index (χ3n) is 3.31. The Kier molecular flexibility index (Phi) is 6.61. The minimum absolute atomic E-state index is 0.370. The first kappa shape index (κ1) is 16.8. The molecule has 0 heterocycles.